The first-order valence-electron chi connectivity index (χ1n) is 5.38. The predicted molar refractivity (Wildman–Crippen MR) is 59.5 cm³/mol. The molecule has 1 atom stereocenters. The van der Waals surface area contributed by atoms with Crippen molar-refractivity contribution < 1.29 is 4.79 Å². The van der Waals surface area contributed by atoms with E-state index in [0.717, 1.165) is 24.8 Å². The van der Waals surface area contributed by atoms with Gasteiger partial charge in [0.15, 0.2) is 5.78 Å². The first kappa shape index (κ1) is 11.0. The van der Waals surface area contributed by atoms with Crippen molar-refractivity contribution in [1.29, 1.82) is 0 Å². The van der Waals surface area contributed by atoms with E-state index in [1.165, 1.54) is 0 Å². The monoisotopic (exact) mass is 190 g/mol. The Labute approximate surface area is 86.1 Å². The van der Waals surface area contributed by atoms with E-state index in [2.05, 4.69) is 13.8 Å². The lowest BCUT2D eigenvalue weighted by molar-refractivity contribution is 0.0909. The van der Waals surface area contributed by atoms with E-state index in [9.17, 15) is 4.79 Å². The summed E-state index contributed by atoms with van der Waals surface area (Å²) in [5, 5.41) is 0. The molecule has 0 aromatic heterocycles. The summed E-state index contributed by atoms with van der Waals surface area (Å²) < 4.78 is 0. The number of hydrogen-bond donors (Lipinski definition) is 0. The molecule has 14 heavy (non-hydrogen) atoms. The van der Waals surface area contributed by atoms with Gasteiger partial charge in [-0.05, 0) is 12.8 Å². The number of rotatable bonds is 5. The third-order valence-corrected chi connectivity index (χ3v) is 2.56. The van der Waals surface area contributed by atoms with Crippen LogP contribution in [0.25, 0.3) is 0 Å². The summed E-state index contributed by atoms with van der Waals surface area (Å²) in [6.45, 7) is 4.21. The molecular weight excluding hydrogens is 172 g/mol. The fourth-order valence-electron chi connectivity index (χ4n) is 1.71. The lowest BCUT2D eigenvalue weighted by atomic mass is 9.91. The number of benzene rings is 1. The number of Topliss-reactive ketones (excluding diaryl/α,β-unsaturated/α-hetero) is 1. The molecule has 0 fully saturated rings. The summed E-state index contributed by atoms with van der Waals surface area (Å²) in [5.74, 6) is 0.511. The van der Waals surface area contributed by atoms with Crippen LogP contribution >= 0.6 is 0 Å². The Morgan fingerprint density at radius 3 is 2.36 bits per heavy atom. The molecule has 0 amide bonds. The first-order chi connectivity index (χ1) is 6.79. The van der Waals surface area contributed by atoms with Crippen molar-refractivity contribution in [2.75, 3.05) is 0 Å². The van der Waals surface area contributed by atoms with Gasteiger partial charge in [-0.15, -0.1) is 0 Å². The van der Waals surface area contributed by atoms with Crippen molar-refractivity contribution in [2.24, 2.45) is 5.92 Å². The van der Waals surface area contributed by atoms with Crippen LogP contribution in [0.4, 0.5) is 0 Å². The minimum Gasteiger partial charge on any atom is -0.294 e. The van der Waals surface area contributed by atoms with Gasteiger partial charge in [-0.1, -0.05) is 50.6 Å². The Bertz CT molecular complexity index is 277. The normalized spacial score (nSPS) is 12.4. The Morgan fingerprint density at radius 2 is 1.86 bits per heavy atom. The average molecular weight is 190 g/mol. The molecule has 1 nitrogen and oxygen atoms in total. The maximum Gasteiger partial charge on any atom is 0.165 e. The zero-order valence-corrected chi connectivity index (χ0v) is 8.99. The molecule has 1 aromatic rings. The van der Waals surface area contributed by atoms with Crippen molar-refractivity contribution >= 4 is 5.78 Å². The van der Waals surface area contributed by atoms with Gasteiger partial charge in [-0.25, -0.2) is 0 Å². The summed E-state index contributed by atoms with van der Waals surface area (Å²) in [6, 6.07) is 9.59. The van der Waals surface area contributed by atoms with Gasteiger partial charge in [0, 0.05) is 11.5 Å². The van der Waals surface area contributed by atoms with E-state index in [0.29, 0.717) is 5.78 Å². The fraction of sp³-hybridized carbons (Fsp3) is 0.462. The van der Waals surface area contributed by atoms with E-state index in [-0.39, 0.29) is 5.92 Å². The molecule has 0 spiro atoms. The van der Waals surface area contributed by atoms with E-state index < -0.39 is 0 Å². The largest absolute Gasteiger partial charge is 0.294 e. The van der Waals surface area contributed by atoms with Gasteiger partial charge in [0.25, 0.3) is 0 Å². The highest BCUT2D eigenvalue weighted by atomic mass is 16.1. The van der Waals surface area contributed by atoms with Gasteiger partial charge in [0.2, 0.25) is 0 Å². The molecule has 1 unspecified atom stereocenters. The van der Waals surface area contributed by atoms with Crippen LogP contribution in [0, 0.1) is 5.92 Å². The maximum atomic E-state index is 12.0. The van der Waals surface area contributed by atoms with E-state index in [1.807, 2.05) is 30.3 Å². The molecule has 0 N–H and O–H groups in total. The van der Waals surface area contributed by atoms with Gasteiger partial charge >= 0.3 is 0 Å². The second-order valence-electron chi connectivity index (χ2n) is 3.62. The third-order valence-electron chi connectivity index (χ3n) is 2.56. The molecule has 0 aliphatic heterocycles. The lowest BCUT2D eigenvalue weighted by Gasteiger charge is -2.11. The molecular formula is C13H18O. The predicted octanol–water partition coefficient (Wildman–Crippen LogP) is 3.70. The molecule has 0 heterocycles. The van der Waals surface area contributed by atoms with E-state index in [1.54, 1.807) is 0 Å². The van der Waals surface area contributed by atoms with Crippen LogP contribution < -0.4 is 0 Å². The molecule has 0 bridgehead atoms. The molecule has 0 radical (unpaired) electrons. The van der Waals surface area contributed by atoms with Gasteiger partial charge in [0.1, 0.15) is 0 Å². The molecule has 76 valence electrons. The number of carbonyl (C=O) groups is 1. The number of hydrogen-bond acceptors (Lipinski definition) is 1. The van der Waals surface area contributed by atoms with E-state index >= 15 is 0 Å². The third kappa shape index (κ3) is 2.69. The van der Waals surface area contributed by atoms with Crippen molar-refractivity contribution in [1.82, 2.24) is 0 Å². The lowest BCUT2D eigenvalue weighted by Crippen LogP contribution is -2.13. The van der Waals surface area contributed by atoms with Crippen LogP contribution in [0.5, 0.6) is 0 Å². The smallest absolute Gasteiger partial charge is 0.165 e. The van der Waals surface area contributed by atoms with Crippen molar-refractivity contribution in [3.05, 3.63) is 35.9 Å². The SMILES string of the molecule is CCCC(CC)C(=O)c1ccccc1. The molecule has 1 aromatic carbocycles. The average Bonchev–Trinajstić information content (AvgIpc) is 2.26. The van der Waals surface area contributed by atoms with Crippen molar-refractivity contribution in [2.45, 2.75) is 33.1 Å². The first-order valence-corrected chi connectivity index (χ1v) is 5.38. The summed E-state index contributed by atoms with van der Waals surface area (Å²) in [5.41, 5.74) is 0.854. The highest BCUT2D eigenvalue weighted by Gasteiger charge is 2.16. The summed E-state index contributed by atoms with van der Waals surface area (Å²) >= 11 is 0. The Morgan fingerprint density at radius 1 is 1.21 bits per heavy atom. The zero-order chi connectivity index (χ0) is 10.4. The minimum absolute atomic E-state index is 0.211. The molecule has 0 aliphatic rings. The second-order valence-corrected chi connectivity index (χ2v) is 3.62. The van der Waals surface area contributed by atoms with Gasteiger partial charge in [0.05, 0.1) is 0 Å². The molecule has 0 saturated carbocycles. The molecule has 1 rings (SSSR count). The topological polar surface area (TPSA) is 17.1 Å². The van der Waals surface area contributed by atoms with Crippen LogP contribution in [0.2, 0.25) is 0 Å². The van der Waals surface area contributed by atoms with Gasteiger partial charge in [-0.2, -0.15) is 0 Å². The van der Waals surface area contributed by atoms with Crippen molar-refractivity contribution in [3.63, 3.8) is 0 Å². The second kappa shape index (κ2) is 5.58. The molecule has 1 heteroatoms. The maximum absolute atomic E-state index is 12.0. The van der Waals surface area contributed by atoms with Crippen LogP contribution in [-0.4, -0.2) is 5.78 Å². The Hall–Kier alpha value is -1.11. The standard InChI is InChI=1S/C13H18O/c1-3-8-11(4-2)13(14)12-9-6-5-7-10-12/h5-7,9-11H,3-4,8H2,1-2H3. The van der Waals surface area contributed by atoms with Crippen molar-refractivity contribution in [3.8, 4) is 0 Å². The van der Waals surface area contributed by atoms with Gasteiger partial charge in [-0.3, -0.25) is 4.79 Å². The highest BCUT2D eigenvalue weighted by Crippen LogP contribution is 2.17. The van der Waals surface area contributed by atoms with E-state index in [4.69, 9.17) is 0 Å². The highest BCUT2D eigenvalue weighted by molar-refractivity contribution is 5.97. The van der Waals surface area contributed by atoms with Gasteiger partial charge < -0.3 is 0 Å². The Balaban J connectivity index is 2.73. The number of carbonyl (C=O) groups excluding carboxylic acids is 1. The Kier molecular flexibility index (Phi) is 4.37. The van der Waals surface area contributed by atoms with Crippen LogP contribution in [-0.2, 0) is 0 Å². The molecule has 0 aliphatic carbocycles. The number of ketones is 1. The minimum atomic E-state index is 0.211. The fourth-order valence-corrected chi connectivity index (χ4v) is 1.71. The summed E-state index contributed by atoms with van der Waals surface area (Å²) in [4.78, 5) is 12.0. The van der Waals surface area contributed by atoms with Crippen LogP contribution in [0.15, 0.2) is 30.3 Å². The molecule has 0 saturated heterocycles. The zero-order valence-electron chi connectivity index (χ0n) is 8.99. The van der Waals surface area contributed by atoms with Crippen LogP contribution in [0.1, 0.15) is 43.5 Å². The summed E-state index contributed by atoms with van der Waals surface area (Å²) in [7, 11) is 0. The van der Waals surface area contributed by atoms with Crippen LogP contribution in [0.3, 0.4) is 0 Å². The quantitative estimate of drug-likeness (QED) is 0.647. The summed E-state index contributed by atoms with van der Waals surface area (Å²) in [6.07, 6.45) is 3.03.